The summed E-state index contributed by atoms with van der Waals surface area (Å²) in [5, 5.41) is 3.39. The van der Waals surface area contributed by atoms with Crippen LogP contribution in [0.15, 0.2) is 77.8 Å². The number of fused-ring (bicyclic) bond motifs is 1. The van der Waals surface area contributed by atoms with Gasteiger partial charge in [0.05, 0.1) is 4.90 Å². The topological polar surface area (TPSA) is 82.6 Å². The van der Waals surface area contributed by atoms with E-state index in [1.54, 1.807) is 51.8 Å². The van der Waals surface area contributed by atoms with Gasteiger partial charge in [0, 0.05) is 36.1 Å². The molecule has 1 atom stereocenters. The van der Waals surface area contributed by atoms with Crippen molar-refractivity contribution in [1.82, 2.24) is 9.29 Å². The van der Waals surface area contributed by atoms with Crippen molar-refractivity contribution in [2.24, 2.45) is 0 Å². The first-order valence-corrected chi connectivity index (χ1v) is 12.2. The molecule has 0 aliphatic carbocycles. The zero-order valence-corrected chi connectivity index (χ0v) is 18.3. The van der Waals surface area contributed by atoms with Crippen molar-refractivity contribution in [2.75, 3.05) is 23.3 Å². The number of benzene rings is 2. The third-order valence-electron chi connectivity index (χ3n) is 5.97. The Morgan fingerprint density at radius 2 is 1.59 bits per heavy atom. The Morgan fingerprint density at radius 1 is 0.875 bits per heavy atom. The van der Waals surface area contributed by atoms with E-state index in [9.17, 15) is 13.2 Å². The van der Waals surface area contributed by atoms with Crippen LogP contribution in [-0.2, 0) is 10.0 Å². The van der Waals surface area contributed by atoms with Crippen LogP contribution in [0.4, 0.5) is 11.5 Å². The maximum atomic E-state index is 13.1. The van der Waals surface area contributed by atoms with Crippen molar-refractivity contribution in [1.29, 1.82) is 0 Å². The highest BCUT2D eigenvalue weighted by atomic mass is 32.2. The highest BCUT2D eigenvalue weighted by Gasteiger charge is 2.38. The number of hydrogen-bond donors (Lipinski definition) is 1. The van der Waals surface area contributed by atoms with Gasteiger partial charge in [0.25, 0.3) is 5.91 Å². The van der Waals surface area contributed by atoms with Gasteiger partial charge in [0.15, 0.2) is 0 Å². The Morgan fingerprint density at radius 3 is 2.31 bits per heavy atom. The Bertz CT molecular complexity index is 1220. The van der Waals surface area contributed by atoms with Crippen molar-refractivity contribution < 1.29 is 13.2 Å². The summed E-state index contributed by atoms with van der Waals surface area (Å²) in [4.78, 5) is 19.4. The van der Waals surface area contributed by atoms with Gasteiger partial charge >= 0.3 is 0 Å². The minimum absolute atomic E-state index is 0.124. The van der Waals surface area contributed by atoms with Crippen molar-refractivity contribution >= 4 is 27.4 Å². The van der Waals surface area contributed by atoms with Crippen LogP contribution in [0, 0.1) is 0 Å². The molecule has 2 aromatic carbocycles. The van der Waals surface area contributed by atoms with E-state index in [1.807, 2.05) is 30.3 Å². The second-order valence-electron chi connectivity index (χ2n) is 7.99. The molecule has 5 rings (SSSR count). The zero-order chi connectivity index (χ0) is 22.1. The van der Waals surface area contributed by atoms with E-state index in [4.69, 9.17) is 0 Å². The number of carbonyl (C=O) groups excluding carboxylic acids is 1. The molecular formula is C24H24N4O3S. The number of anilines is 2. The van der Waals surface area contributed by atoms with Crippen LogP contribution in [0.5, 0.6) is 0 Å². The highest BCUT2D eigenvalue weighted by Crippen LogP contribution is 2.37. The van der Waals surface area contributed by atoms with E-state index < -0.39 is 16.2 Å². The Kier molecular flexibility index (Phi) is 5.40. The maximum absolute atomic E-state index is 13.1. The molecule has 8 heteroatoms. The largest absolute Gasteiger partial charge is 0.361 e. The van der Waals surface area contributed by atoms with Crippen LogP contribution in [0.25, 0.3) is 0 Å². The molecule has 3 heterocycles. The van der Waals surface area contributed by atoms with Crippen LogP contribution >= 0.6 is 0 Å². The predicted molar refractivity (Wildman–Crippen MR) is 123 cm³/mol. The number of aromatic nitrogens is 1. The van der Waals surface area contributed by atoms with Gasteiger partial charge in [0.2, 0.25) is 10.0 Å². The summed E-state index contributed by atoms with van der Waals surface area (Å²) < 4.78 is 27.4. The normalized spacial score (nSPS) is 19.1. The molecule has 0 saturated carbocycles. The fraction of sp³-hybridized carbons (Fsp3) is 0.250. The summed E-state index contributed by atoms with van der Waals surface area (Å²) in [5.41, 5.74) is 2.20. The fourth-order valence-electron chi connectivity index (χ4n) is 4.33. The standard InChI is InChI=1S/C24H24N4O3S/c29-24-21-9-3-2-8-20(21)23(28(24)22-10-4-5-15-25-22)26-18-11-13-19(14-12-18)32(30,31)27-16-6-1-7-17-27/h2-5,8-15,23,26H,1,6-7,16-17H2/t23-/m1/s1. The molecule has 0 radical (unpaired) electrons. The minimum Gasteiger partial charge on any atom is -0.361 e. The SMILES string of the molecule is O=C1c2ccccc2[C@H](Nc2ccc(S(=O)(=O)N3CCCCC3)cc2)N1c1ccccn1. The number of nitrogens with one attached hydrogen (secondary N) is 1. The quantitative estimate of drug-likeness (QED) is 0.637. The van der Waals surface area contributed by atoms with Crippen LogP contribution in [-0.4, -0.2) is 36.7 Å². The molecule has 7 nitrogen and oxygen atoms in total. The van der Waals surface area contributed by atoms with E-state index in [0.29, 0.717) is 24.5 Å². The van der Waals surface area contributed by atoms with E-state index in [0.717, 1.165) is 30.5 Å². The van der Waals surface area contributed by atoms with Gasteiger partial charge in [0.1, 0.15) is 12.0 Å². The Labute approximate surface area is 187 Å². The van der Waals surface area contributed by atoms with E-state index >= 15 is 0 Å². The molecule has 2 aliphatic rings. The predicted octanol–water partition coefficient (Wildman–Crippen LogP) is 4.03. The molecule has 0 bridgehead atoms. The van der Waals surface area contributed by atoms with E-state index in [1.165, 1.54) is 0 Å². The number of amides is 1. The van der Waals surface area contributed by atoms with E-state index in [2.05, 4.69) is 10.3 Å². The average Bonchev–Trinajstić information content (AvgIpc) is 3.12. The van der Waals surface area contributed by atoms with Crippen molar-refractivity contribution in [3.8, 4) is 0 Å². The third kappa shape index (κ3) is 3.65. The summed E-state index contributed by atoms with van der Waals surface area (Å²) in [6.07, 6.45) is 4.08. The molecule has 1 saturated heterocycles. The van der Waals surface area contributed by atoms with Gasteiger partial charge in [-0.1, -0.05) is 30.7 Å². The van der Waals surface area contributed by atoms with Crippen LogP contribution < -0.4 is 10.2 Å². The molecule has 32 heavy (non-hydrogen) atoms. The lowest BCUT2D eigenvalue weighted by molar-refractivity contribution is 0.0992. The second kappa shape index (κ2) is 8.37. The molecule has 164 valence electrons. The molecule has 0 unspecified atom stereocenters. The van der Waals surface area contributed by atoms with Gasteiger partial charge in [-0.15, -0.1) is 0 Å². The van der Waals surface area contributed by atoms with Crippen LogP contribution in [0.1, 0.15) is 41.3 Å². The highest BCUT2D eigenvalue weighted by molar-refractivity contribution is 7.89. The van der Waals surface area contributed by atoms with Gasteiger partial charge < -0.3 is 5.32 Å². The molecule has 1 N–H and O–H groups in total. The third-order valence-corrected chi connectivity index (χ3v) is 7.88. The Hall–Kier alpha value is -3.23. The van der Waals surface area contributed by atoms with Gasteiger partial charge in [-0.25, -0.2) is 13.4 Å². The van der Waals surface area contributed by atoms with Crippen LogP contribution in [0.2, 0.25) is 0 Å². The van der Waals surface area contributed by atoms with Crippen molar-refractivity contribution in [3.05, 3.63) is 84.1 Å². The summed E-state index contributed by atoms with van der Waals surface area (Å²) in [6.45, 7) is 1.14. The first-order valence-electron chi connectivity index (χ1n) is 10.8. The molecule has 1 aromatic heterocycles. The number of pyridine rings is 1. The minimum atomic E-state index is -3.49. The zero-order valence-electron chi connectivity index (χ0n) is 17.5. The summed E-state index contributed by atoms with van der Waals surface area (Å²) in [5.74, 6) is 0.427. The van der Waals surface area contributed by atoms with E-state index in [-0.39, 0.29) is 10.8 Å². The average molecular weight is 449 g/mol. The molecule has 3 aromatic rings. The number of carbonyl (C=O) groups is 1. The molecular weight excluding hydrogens is 424 g/mol. The lowest BCUT2D eigenvalue weighted by Gasteiger charge is -2.27. The number of hydrogen-bond acceptors (Lipinski definition) is 5. The number of nitrogens with zero attached hydrogens (tertiary/aromatic N) is 3. The lowest BCUT2D eigenvalue weighted by Crippen LogP contribution is -2.35. The van der Waals surface area contributed by atoms with Gasteiger partial charge in [-0.3, -0.25) is 9.69 Å². The molecule has 1 fully saturated rings. The molecule has 0 spiro atoms. The smallest absolute Gasteiger partial charge is 0.261 e. The van der Waals surface area contributed by atoms with Crippen molar-refractivity contribution in [3.63, 3.8) is 0 Å². The number of rotatable bonds is 5. The first kappa shape index (κ1) is 20.7. The number of piperidine rings is 1. The summed E-state index contributed by atoms with van der Waals surface area (Å²) >= 11 is 0. The number of sulfonamides is 1. The second-order valence-corrected chi connectivity index (χ2v) is 9.92. The first-order chi connectivity index (χ1) is 15.6. The molecule has 2 aliphatic heterocycles. The van der Waals surface area contributed by atoms with Crippen molar-refractivity contribution in [2.45, 2.75) is 30.3 Å². The fourth-order valence-corrected chi connectivity index (χ4v) is 5.84. The van der Waals surface area contributed by atoms with Gasteiger partial charge in [-0.2, -0.15) is 4.31 Å². The monoisotopic (exact) mass is 448 g/mol. The van der Waals surface area contributed by atoms with Crippen LogP contribution in [0.3, 0.4) is 0 Å². The summed E-state index contributed by atoms with van der Waals surface area (Å²) in [6, 6.07) is 19.7. The molecule has 1 amide bonds. The van der Waals surface area contributed by atoms with Gasteiger partial charge in [-0.05, 0) is 55.3 Å². The lowest BCUT2D eigenvalue weighted by atomic mass is 10.1. The Balaban J connectivity index is 1.44. The maximum Gasteiger partial charge on any atom is 0.261 e. The summed E-state index contributed by atoms with van der Waals surface area (Å²) in [7, 11) is -3.49.